The largest absolute Gasteiger partial charge is 1.00 e. The van der Waals surface area contributed by atoms with Crippen LogP contribution >= 0.6 is 11.9 Å². The molecule has 4 heteroatoms. The molecule has 0 atom stereocenters. The van der Waals surface area contributed by atoms with E-state index in [-0.39, 0.29) is 65.4 Å². The average molecular weight is 247 g/mol. The van der Waals surface area contributed by atoms with Gasteiger partial charge in [0, 0.05) is 6.07 Å². The van der Waals surface area contributed by atoms with Crippen LogP contribution in [0, 0.1) is 18.8 Å². The summed E-state index contributed by atoms with van der Waals surface area (Å²) in [6, 6.07) is 11.7. The molecular formula is C11H16KN2S-. The first-order chi connectivity index (χ1) is 6.43. The number of rotatable bonds is 3. The molecule has 15 heavy (non-hydrogen) atoms. The molecule has 0 bridgehead atoms. The fourth-order valence-corrected chi connectivity index (χ4v) is 1.17. The van der Waals surface area contributed by atoms with Crippen molar-refractivity contribution in [3.05, 3.63) is 42.5 Å². The van der Waals surface area contributed by atoms with Crippen LogP contribution in [0.1, 0.15) is 13.8 Å². The normalized spacial score (nSPS) is 7.00. The van der Waals surface area contributed by atoms with Crippen molar-refractivity contribution in [1.82, 2.24) is 0 Å². The molecule has 0 spiro atoms. The van der Waals surface area contributed by atoms with E-state index in [4.69, 9.17) is 5.26 Å². The topological polar surface area (TPSA) is 37.9 Å². The Hall–Kier alpha value is 0.656. The second-order valence-corrected chi connectivity index (χ2v) is 2.76. The molecule has 0 aliphatic rings. The van der Waals surface area contributed by atoms with Crippen molar-refractivity contribution >= 4 is 11.9 Å². The summed E-state index contributed by atoms with van der Waals surface area (Å²) in [4.78, 5) is 1.07. The standard InChI is InChI=1S/C8H7N2S.C2H6.CH3.K/c9-6-7-10-11-8-4-2-1-3-5-8;1-2;;/h1-5H,7H2;1-2H3;1H3;/q-1;;-1;+1. The smallest absolute Gasteiger partial charge is 0.590 e. The Balaban J connectivity index is -0.000000339. The molecule has 1 aromatic carbocycles. The minimum atomic E-state index is 0. The maximum Gasteiger partial charge on any atom is 1.00 e. The van der Waals surface area contributed by atoms with Gasteiger partial charge in [0.1, 0.15) is 0 Å². The zero-order valence-corrected chi connectivity index (χ0v) is 13.8. The van der Waals surface area contributed by atoms with Crippen LogP contribution in [0.2, 0.25) is 0 Å². The molecule has 0 radical (unpaired) electrons. The van der Waals surface area contributed by atoms with Crippen LogP contribution in [0.15, 0.2) is 35.2 Å². The van der Waals surface area contributed by atoms with Crippen LogP contribution in [0.4, 0.5) is 0 Å². The van der Waals surface area contributed by atoms with Gasteiger partial charge in [-0.25, -0.2) is 5.26 Å². The molecule has 0 N–H and O–H groups in total. The van der Waals surface area contributed by atoms with Crippen molar-refractivity contribution in [2.45, 2.75) is 18.7 Å². The Labute approximate surface area is 140 Å². The quantitative estimate of drug-likeness (QED) is 0.263. The third-order valence-electron chi connectivity index (χ3n) is 1.05. The molecule has 78 valence electrons. The Morgan fingerprint density at radius 1 is 1.27 bits per heavy atom. The number of nitriles is 1. The molecule has 2 nitrogen and oxygen atoms in total. The summed E-state index contributed by atoms with van der Waals surface area (Å²) in [7, 11) is 0. The zero-order chi connectivity index (χ0) is 9.94. The Morgan fingerprint density at radius 2 is 1.80 bits per heavy atom. The summed E-state index contributed by atoms with van der Waals surface area (Å²) in [6.07, 6.45) is 0. The van der Waals surface area contributed by atoms with Crippen molar-refractivity contribution in [1.29, 1.82) is 5.26 Å². The molecule has 0 saturated carbocycles. The summed E-state index contributed by atoms with van der Waals surface area (Å²) < 4.78 is 3.92. The predicted molar refractivity (Wildman–Crippen MR) is 63.9 cm³/mol. The number of nitrogens with zero attached hydrogens (tertiary/aromatic N) is 2. The van der Waals surface area contributed by atoms with Crippen molar-refractivity contribution in [2.75, 3.05) is 6.54 Å². The van der Waals surface area contributed by atoms with Gasteiger partial charge in [-0.1, -0.05) is 50.7 Å². The van der Waals surface area contributed by atoms with Gasteiger partial charge in [-0.15, -0.1) is 0 Å². The van der Waals surface area contributed by atoms with Gasteiger partial charge in [-0.3, -0.25) is 11.9 Å². The van der Waals surface area contributed by atoms with Crippen LogP contribution in [0.25, 0.3) is 4.72 Å². The molecule has 0 unspecified atom stereocenters. The first kappa shape index (κ1) is 21.0. The minimum absolute atomic E-state index is 0. The molecule has 0 heterocycles. The maximum absolute atomic E-state index is 8.19. The molecule has 0 aliphatic heterocycles. The van der Waals surface area contributed by atoms with Gasteiger partial charge in [0.15, 0.2) is 0 Å². The summed E-state index contributed by atoms with van der Waals surface area (Å²) in [5, 5.41) is 8.19. The summed E-state index contributed by atoms with van der Waals surface area (Å²) in [5.41, 5.74) is 0. The minimum Gasteiger partial charge on any atom is -0.590 e. The first-order valence-electron chi connectivity index (χ1n) is 4.19. The molecule has 1 rings (SSSR count). The van der Waals surface area contributed by atoms with Gasteiger partial charge in [-0.2, -0.15) is 0 Å². The van der Waals surface area contributed by atoms with Crippen LogP contribution in [-0.4, -0.2) is 6.54 Å². The molecular weight excluding hydrogens is 231 g/mol. The average Bonchev–Trinajstić information content (AvgIpc) is 2.23. The Bertz CT molecular complexity index is 247. The summed E-state index contributed by atoms with van der Waals surface area (Å²) in [5.74, 6) is 0. The van der Waals surface area contributed by atoms with E-state index in [1.807, 2.05) is 50.2 Å². The van der Waals surface area contributed by atoms with E-state index in [0.717, 1.165) is 4.90 Å². The van der Waals surface area contributed by atoms with Crippen molar-refractivity contribution < 1.29 is 51.4 Å². The third kappa shape index (κ3) is 12.6. The van der Waals surface area contributed by atoms with Crippen molar-refractivity contribution in [3.8, 4) is 6.07 Å². The molecule has 1 aromatic rings. The van der Waals surface area contributed by atoms with Crippen LogP contribution in [0.3, 0.4) is 0 Å². The molecule has 0 aromatic heterocycles. The Morgan fingerprint density at radius 3 is 2.27 bits per heavy atom. The summed E-state index contributed by atoms with van der Waals surface area (Å²) >= 11 is 1.35. The molecule has 0 fully saturated rings. The molecule has 0 saturated heterocycles. The van der Waals surface area contributed by atoms with Crippen LogP contribution in [-0.2, 0) is 0 Å². The van der Waals surface area contributed by atoms with Gasteiger partial charge in [0.25, 0.3) is 0 Å². The summed E-state index contributed by atoms with van der Waals surface area (Å²) in [6.45, 7) is 4.25. The van der Waals surface area contributed by atoms with Gasteiger partial charge >= 0.3 is 51.4 Å². The number of hydrogen-bond acceptors (Lipinski definition) is 2. The van der Waals surface area contributed by atoms with E-state index in [1.54, 1.807) is 0 Å². The SMILES string of the molecule is CC.N#CC[N-]Sc1ccccc1.[CH3-].[K+]. The van der Waals surface area contributed by atoms with Crippen LogP contribution in [0.5, 0.6) is 0 Å². The maximum atomic E-state index is 8.19. The molecule has 0 amide bonds. The first-order valence-corrected chi connectivity index (χ1v) is 4.96. The van der Waals surface area contributed by atoms with E-state index in [2.05, 4.69) is 4.72 Å². The van der Waals surface area contributed by atoms with Gasteiger partial charge in [0.2, 0.25) is 0 Å². The second kappa shape index (κ2) is 17.1. The number of benzene rings is 1. The fourth-order valence-electron chi connectivity index (χ4n) is 0.617. The van der Waals surface area contributed by atoms with E-state index in [9.17, 15) is 0 Å². The van der Waals surface area contributed by atoms with Crippen molar-refractivity contribution in [2.24, 2.45) is 0 Å². The van der Waals surface area contributed by atoms with E-state index < -0.39 is 0 Å². The van der Waals surface area contributed by atoms with Crippen LogP contribution < -0.4 is 51.4 Å². The van der Waals surface area contributed by atoms with Gasteiger partial charge in [0.05, 0.1) is 0 Å². The monoisotopic (exact) mass is 247 g/mol. The van der Waals surface area contributed by atoms with Gasteiger partial charge < -0.3 is 12.1 Å². The third-order valence-corrected chi connectivity index (χ3v) is 1.79. The van der Waals surface area contributed by atoms with E-state index >= 15 is 0 Å². The fraction of sp³-hybridized carbons (Fsp3) is 0.273. The predicted octanol–water partition coefficient (Wildman–Crippen LogP) is 1.07. The molecule has 0 aliphatic carbocycles. The number of hydrogen-bond donors (Lipinski definition) is 0. The zero-order valence-electron chi connectivity index (χ0n) is 9.90. The van der Waals surface area contributed by atoms with Gasteiger partial charge in [-0.05, 0) is 4.90 Å². The Kier molecular flexibility index (Phi) is 23.9. The second-order valence-electron chi connectivity index (χ2n) is 1.85. The van der Waals surface area contributed by atoms with E-state index in [1.165, 1.54) is 11.9 Å². The van der Waals surface area contributed by atoms with E-state index in [0.29, 0.717) is 0 Å². The van der Waals surface area contributed by atoms with Crippen molar-refractivity contribution in [3.63, 3.8) is 0 Å².